The van der Waals surface area contributed by atoms with E-state index in [1.54, 1.807) is 18.7 Å². The summed E-state index contributed by atoms with van der Waals surface area (Å²) in [5, 5.41) is 0. The summed E-state index contributed by atoms with van der Waals surface area (Å²) in [4.78, 5) is 8.53. The molecule has 3 rings (SSSR count). The molecule has 0 unspecified atom stereocenters. The van der Waals surface area contributed by atoms with E-state index in [4.69, 9.17) is 4.42 Å². The van der Waals surface area contributed by atoms with E-state index < -0.39 is 0 Å². The van der Waals surface area contributed by atoms with Crippen LogP contribution in [0, 0.1) is 0 Å². The van der Waals surface area contributed by atoms with E-state index in [2.05, 4.69) is 9.97 Å². The van der Waals surface area contributed by atoms with Crippen molar-refractivity contribution in [1.29, 1.82) is 0 Å². The lowest BCUT2D eigenvalue weighted by Gasteiger charge is -2.05. The maximum absolute atomic E-state index is 5.34. The highest BCUT2D eigenvalue weighted by molar-refractivity contribution is 5.77. The third-order valence-electron chi connectivity index (χ3n) is 2.53. The zero-order valence-electron chi connectivity index (χ0n) is 9.08. The first-order valence-corrected chi connectivity index (χ1v) is 5.35. The average Bonchev–Trinajstić information content (AvgIpc) is 2.94. The van der Waals surface area contributed by atoms with Gasteiger partial charge in [-0.25, -0.2) is 4.98 Å². The van der Waals surface area contributed by atoms with Crippen LogP contribution in [0.1, 0.15) is 0 Å². The summed E-state index contributed by atoms with van der Waals surface area (Å²) < 4.78 is 5.34. The van der Waals surface area contributed by atoms with Crippen molar-refractivity contribution in [3.05, 3.63) is 61.1 Å². The first kappa shape index (κ1) is 9.78. The van der Waals surface area contributed by atoms with Crippen molar-refractivity contribution in [3.63, 3.8) is 0 Å². The number of hydrogen-bond donors (Lipinski definition) is 0. The quantitative estimate of drug-likeness (QED) is 0.667. The van der Waals surface area contributed by atoms with Crippen LogP contribution in [-0.2, 0) is 0 Å². The van der Waals surface area contributed by atoms with Gasteiger partial charge in [0.15, 0.2) is 0 Å². The van der Waals surface area contributed by atoms with Crippen molar-refractivity contribution >= 4 is 0 Å². The van der Waals surface area contributed by atoms with Crippen LogP contribution >= 0.6 is 0 Å². The molecule has 3 heteroatoms. The fourth-order valence-corrected chi connectivity index (χ4v) is 1.77. The van der Waals surface area contributed by atoms with Crippen molar-refractivity contribution in [3.8, 4) is 22.7 Å². The molecule has 0 saturated heterocycles. The van der Waals surface area contributed by atoms with Gasteiger partial charge >= 0.3 is 0 Å². The summed E-state index contributed by atoms with van der Waals surface area (Å²) in [6, 6.07) is 13.8. The molecule has 0 radical (unpaired) electrons. The van der Waals surface area contributed by atoms with E-state index in [1.807, 2.05) is 42.5 Å². The summed E-state index contributed by atoms with van der Waals surface area (Å²) in [6.07, 6.45) is 5.00. The molecule has 17 heavy (non-hydrogen) atoms. The molecule has 0 saturated carbocycles. The molecule has 0 aliphatic rings. The van der Waals surface area contributed by atoms with Crippen molar-refractivity contribution in [2.75, 3.05) is 0 Å². The van der Waals surface area contributed by atoms with E-state index in [-0.39, 0.29) is 0 Å². The normalized spacial score (nSPS) is 10.4. The number of nitrogens with zero attached hydrogens (tertiary/aromatic N) is 2. The second kappa shape index (κ2) is 4.22. The highest BCUT2D eigenvalue weighted by atomic mass is 16.3. The Hall–Kier alpha value is -2.42. The second-order valence-electron chi connectivity index (χ2n) is 3.60. The highest BCUT2D eigenvalue weighted by Gasteiger charge is 2.10. The monoisotopic (exact) mass is 222 g/mol. The lowest BCUT2D eigenvalue weighted by molar-refractivity contribution is 0.575. The van der Waals surface area contributed by atoms with Gasteiger partial charge in [-0.2, -0.15) is 0 Å². The average molecular weight is 222 g/mol. The minimum Gasteiger partial charge on any atom is -0.445 e. The molecule has 0 amide bonds. The van der Waals surface area contributed by atoms with Crippen LogP contribution < -0.4 is 0 Å². The van der Waals surface area contributed by atoms with Gasteiger partial charge in [0.05, 0.1) is 11.9 Å². The van der Waals surface area contributed by atoms with Crippen molar-refractivity contribution in [2.45, 2.75) is 0 Å². The Morgan fingerprint density at radius 1 is 0.765 bits per heavy atom. The molecule has 0 atom stereocenters. The molecule has 3 nitrogen and oxygen atoms in total. The van der Waals surface area contributed by atoms with Crippen molar-refractivity contribution < 1.29 is 4.42 Å². The van der Waals surface area contributed by atoms with Crippen LogP contribution in [0.25, 0.3) is 22.7 Å². The van der Waals surface area contributed by atoms with Crippen molar-refractivity contribution in [1.82, 2.24) is 9.97 Å². The number of oxazole rings is 1. The molecule has 82 valence electrons. The Morgan fingerprint density at radius 3 is 2.29 bits per heavy atom. The third kappa shape index (κ3) is 1.83. The summed E-state index contributed by atoms with van der Waals surface area (Å²) in [5.41, 5.74) is 2.90. The van der Waals surface area contributed by atoms with Crippen LogP contribution in [0.3, 0.4) is 0 Å². The highest BCUT2D eigenvalue weighted by Crippen LogP contribution is 2.29. The standard InChI is InChI=1S/C14H10N2O/c1-2-6-12(14-16-9-10-17-14)11(5-1)13-7-3-4-8-15-13/h1-10H. The number of benzene rings is 1. The molecular weight excluding hydrogens is 212 g/mol. The molecule has 0 aliphatic carbocycles. The first-order valence-electron chi connectivity index (χ1n) is 5.35. The third-order valence-corrected chi connectivity index (χ3v) is 2.53. The zero-order valence-corrected chi connectivity index (χ0v) is 9.08. The maximum Gasteiger partial charge on any atom is 0.226 e. The number of rotatable bonds is 2. The molecule has 0 bridgehead atoms. The molecule has 3 aromatic rings. The topological polar surface area (TPSA) is 38.9 Å². The minimum atomic E-state index is 0.617. The van der Waals surface area contributed by atoms with Crippen LogP contribution in [0.15, 0.2) is 65.5 Å². The molecule has 2 aromatic heterocycles. The van der Waals surface area contributed by atoms with E-state index in [0.29, 0.717) is 5.89 Å². The Labute approximate surface area is 98.8 Å². The van der Waals surface area contributed by atoms with Crippen LogP contribution in [0.4, 0.5) is 0 Å². The van der Waals surface area contributed by atoms with Gasteiger partial charge in [0, 0.05) is 17.3 Å². The molecule has 0 fully saturated rings. The van der Waals surface area contributed by atoms with Crippen LogP contribution in [0.2, 0.25) is 0 Å². The SMILES string of the molecule is c1ccc(-c2ccccc2-c2ncco2)nc1. The fraction of sp³-hybridized carbons (Fsp3) is 0. The Bertz CT molecular complexity index is 603. The Morgan fingerprint density at radius 2 is 1.59 bits per heavy atom. The van der Waals surface area contributed by atoms with Gasteiger partial charge in [-0.1, -0.05) is 24.3 Å². The molecule has 0 spiro atoms. The number of pyridine rings is 1. The molecule has 0 aliphatic heterocycles. The van der Waals surface area contributed by atoms with Gasteiger partial charge in [0.25, 0.3) is 0 Å². The van der Waals surface area contributed by atoms with Gasteiger partial charge in [0.1, 0.15) is 6.26 Å². The van der Waals surface area contributed by atoms with E-state index in [0.717, 1.165) is 16.8 Å². The molecule has 0 N–H and O–H groups in total. The largest absolute Gasteiger partial charge is 0.445 e. The minimum absolute atomic E-state index is 0.617. The van der Waals surface area contributed by atoms with Crippen LogP contribution in [0.5, 0.6) is 0 Å². The second-order valence-corrected chi connectivity index (χ2v) is 3.60. The fourth-order valence-electron chi connectivity index (χ4n) is 1.77. The summed E-state index contributed by atoms with van der Waals surface area (Å²) in [7, 11) is 0. The lowest BCUT2D eigenvalue weighted by atomic mass is 10.0. The van der Waals surface area contributed by atoms with Crippen molar-refractivity contribution in [2.24, 2.45) is 0 Å². The van der Waals surface area contributed by atoms with E-state index in [1.165, 1.54) is 0 Å². The van der Waals surface area contributed by atoms with Gasteiger partial charge < -0.3 is 4.42 Å². The predicted molar refractivity (Wildman–Crippen MR) is 65.2 cm³/mol. The molecular formula is C14H10N2O. The Kier molecular flexibility index (Phi) is 2.43. The van der Waals surface area contributed by atoms with Gasteiger partial charge in [-0.05, 0) is 18.2 Å². The number of hydrogen-bond acceptors (Lipinski definition) is 3. The molecule has 2 heterocycles. The van der Waals surface area contributed by atoms with E-state index >= 15 is 0 Å². The summed E-state index contributed by atoms with van der Waals surface area (Å²) in [5.74, 6) is 0.617. The first-order chi connectivity index (χ1) is 8.45. The lowest BCUT2D eigenvalue weighted by Crippen LogP contribution is -1.86. The van der Waals surface area contributed by atoms with Gasteiger partial charge in [0.2, 0.25) is 5.89 Å². The van der Waals surface area contributed by atoms with Crippen LogP contribution in [-0.4, -0.2) is 9.97 Å². The Balaban J connectivity index is 2.18. The number of aromatic nitrogens is 2. The van der Waals surface area contributed by atoms with Gasteiger partial charge in [-0.3, -0.25) is 4.98 Å². The van der Waals surface area contributed by atoms with Gasteiger partial charge in [-0.15, -0.1) is 0 Å². The zero-order chi connectivity index (χ0) is 11.5. The summed E-state index contributed by atoms with van der Waals surface area (Å²) >= 11 is 0. The summed E-state index contributed by atoms with van der Waals surface area (Å²) in [6.45, 7) is 0. The maximum atomic E-state index is 5.34. The predicted octanol–water partition coefficient (Wildman–Crippen LogP) is 3.40. The van der Waals surface area contributed by atoms with E-state index in [9.17, 15) is 0 Å². The smallest absolute Gasteiger partial charge is 0.226 e. The molecule has 1 aromatic carbocycles.